The predicted octanol–water partition coefficient (Wildman–Crippen LogP) is 3.72. The number of fused-ring (bicyclic) bond motifs is 1. The second kappa shape index (κ2) is 7.01. The summed E-state index contributed by atoms with van der Waals surface area (Å²) in [5.41, 5.74) is 10.2. The highest BCUT2D eigenvalue weighted by molar-refractivity contribution is 6.35. The van der Waals surface area contributed by atoms with Crippen LogP contribution in [-0.4, -0.2) is 19.5 Å². The zero-order valence-corrected chi connectivity index (χ0v) is 14.7. The van der Waals surface area contributed by atoms with E-state index in [0.29, 0.717) is 17.4 Å². The number of rotatable bonds is 5. The van der Waals surface area contributed by atoms with E-state index in [0.717, 1.165) is 23.1 Å². The van der Waals surface area contributed by atoms with Crippen LogP contribution in [0.1, 0.15) is 11.1 Å². The van der Waals surface area contributed by atoms with Crippen LogP contribution >= 0.6 is 11.6 Å². The number of hydrogen-bond donors (Lipinski definition) is 2. The zero-order chi connectivity index (χ0) is 17.9. The van der Waals surface area contributed by atoms with Crippen LogP contribution in [0.15, 0.2) is 61.2 Å². The summed E-state index contributed by atoms with van der Waals surface area (Å²) in [6.45, 7) is 1.38. The molecule has 4 rings (SSSR count). The van der Waals surface area contributed by atoms with Crippen LogP contribution in [0.3, 0.4) is 0 Å². The second-order valence-electron chi connectivity index (χ2n) is 5.95. The van der Waals surface area contributed by atoms with Crippen molar-refractivity contribution < 1.29 is 0 Å². The summed E-state index contributed by atoms with van der Waals surface area (Å²) in [6, 6.07) is 16.5. The third-order valence-corrected chi connectivity index (χ3v) is 4.55. The van der Waals surface area contributed by atoms with Gasteiger partial charge in [0.15, 0.2) is 5.82 Å². The quantitative estimate of drug-likeness (QED) is 0.564. The van der Waals surface area contributed by atoms with Gasteiger partial charge in [-0.05, 0) is 23.3 Å². The number of para-hydroxylation sites is 2. The molecule has 2 heterocycles. The van der Waals surface area contributed by atoms with Crippen molar-refractivity contribution in [3.05, 3.63) is 77.3 Å². The molecule has 0 spiro atoms. The van der Waals surface area contributed by atoms with E-state index in [2.05, 4.69) is 55.2 Å². The van der Waals surface area contributed by atoms with Gasteiger partial charge in [-0.3, -0.25) is 0 Å². The molecule has 4 aromatic rings. The molecule has 6 nitrogen and oxygen atoms in total. The Morgan fingerprint density at radius 3 is 2.58 bits per heavy atom. The maximum Gasteiger partial charge on any atom is 0.150 e. The van der Waals surface area contributed by atoms with Gasteiger partial charge in [0.1, 0.15) is 17.2 Å². The number of imidazole rings is 1. The van der Waals surface area contributed by atoms with Gasteiger partial charge in [-0.1, -0.05) is 48.0 Å². The summed E-state index contributed by atoms with van der Waals surface area (Å²) in [7, 11) is 0. The van der Waals surface area contributed by atoms with E-state index >= 15 is 0 Å². The molecule has 0 bridgehead atoms. The number of aromatic nitrogens is 4. The number of nitrogens with one attached hydrogen (secondary N) is 1. The van der Waals surface area contributed by atoms with Gasteiger partial charge in [-0.25, -0.2) is 15.0 Å². The summed E-state index contributed by atoms with van der Waals surface area (Å²) in [6.07, 6.45) is 3.27. The Morgan fingerprint density at radius 1 is 0.962 bits per heavy atom. The van der Waals surface area contributed by atoms with E-state index in [1.165, 1.54) is 11.9 Å². The van der Waals surface area contributed by atoms with Crippen molar-refractivity contribution in [3.63, 3.8) is 0 Å². The summed E-state index contributed by atoms with van der Waals surface area (Å²) in [4.78, 5) is 12.4. The van der Waals surface area contributed by atoms with Gasteiger partial charge in [0.25, 0.3) is 0 Å². The maximum absolute atomic E-state index is 6.09. The Morgan fingerprint density at radius 2 is 1.73 bits per heavy atom. The molecular formula is C19H17ClN6. The summed E-state index contributed by atoms with van der Waals surface area (Å²) < 4.78 is 2.14. The highest BCUT2D eigenvalue weighted by Crippen LogP contribution is 2.23. The lowest BCUT2D eigenvalue weighted by molar-refractivity contribution is 0.824. The number of nitrogens with two attached hydrogens (primary N) is 1. The fourth-order valence-electron chi connectivity index (χ4n) is 2.79. The van der Waals surface area contributed by atoms with Crippen LogP contribution in [0, 0.1) is 0 Å². The Labute approximate surface area is 155 Å². The predicted molar refractivity (Wildman–Crippen MR) is 104 cm³/mol. The Bertz CT molecular complexity index is 1040. The van der Waals surface area contributed by atoms with E-state index in [9.17, 15) is 0 Å². The van der Waals surface area contributed by atoms with Gasteiger partial charge in [-0.2, -0.15) is 0 Å². The third-order valence-electron chi connectivity index (χ3n) is 4.18. The van der Waals surface area contributed by atoms with Crippen LogP contribution < -0.4 is 11.1 Å². The third kappa shape index (κ3) is 3.32. The highest BCUT2D eigenvalue weighted by atomic mass is 35.5. The number of halogens is 1. The van der Waals surface area contributed by atoms with Gasteiger partial charge < -0.3 is 15.6 Å². The SMILES string of the molecule is Nc1ncnc(NCc2ccc(Cn3cnc4ccccc43)cc2)c1Cl. The minimum absolute atomic E-state index is 0.270. The van der Waals surface area contributed by atoms with Gasteiger partial charge in [0.2, 0.25) is 0 Å². The summed E-state index contributed by atoms with van der Waals surface area (Å²) in [5, 5.41) is 3.52. The second-order valence-corrected chi connectivity index (χ2v) is 6.33. The number of benzene rings is 2. The number of anilines is 2. The monoisotopic (exact) mass is 364 g/mol. The average molecular weight is 365 g/mol. The maximum atomic E-state index is 6.09. The molecule has 0 saturated heterocycles. The lowest BCUT2D eigenvalue weighted by atomic mass is 10.1. The van der Waals surface area contributed by atoms with Crippen LogP contribution in [-0.2, 0) is 13.1 Å². The Hall–Kier alpha value is -3.12. The largest absolute Gasteiger partial charge is 0.382 e. The fraction of sp³-hybridized carbons (Fsp3) is 0.105. The zero-order valence-electron chi connectivity index (χ0n) is 13.9. The van der Waals surface area contributed by atoms with Crippen molar-refractivity contribution in [1.29, 1.82) is 0 Å². The van der Waals surface area contributed by atoms with E-state index in [1.807, 2.05) is 24.5 Å². The molecule has 0 aliphatic heterocycles. The average Bonchev–Trinajstić information content (AvgIpc) is 3.07. The Kier molecular flexibility index (Phi) is 4.41. The molecule has 2 aromatic carbocycles. The first-order chi connectivity index (χ1) is 12.7. The first-order valence-electron chi connectivity index (χ1n) is 8.18. The van der Waals surface area contributed by atoms with Crippen molar-refractivity contribution >= 4 is 34.3 Å². The van der Waals surface area contributed by atoms with Gasteiger partial charge >= 0.3 is 0 Å². The van der Waals surface area contributed by atoms with Crippen molar-refractivity contribution in [2.24, 2.45) is 0 Å². The number of nitrogen functional groups attached to an aromatic ring is 1. The Balaban J connectivity index is 1.44. The summed E-state index contributed by atoms with van der Waals surface area (Å²) >= 11 is 6.09. The summed E-state index contributed by atoms with van der Waals surface area (Å²) in [5.74, 6) is 0.806. The molecular weight excluding hydrogens is 348 g/mol. The molecule has 3 N–H and O–H groups in total. The smallest absolute Gasteiger partial charge is 0.150 e. The molecule has 130 valence electrons. The molecule has 0 fully saturated rings. The van der Waals surface area contributed by atoms with E-state index in [-0.39, 0.29) is 5.82 Å². The van der Waals surface area contributed by atoms with E-state index < -0.39 is 0 Å². The van der Waals surface area contributed by atoms with Crippen LogP contribution in [0.2, 0.25) is 5.02 Å². The minimum Gasteiger partial charge on any atom is -0.382 e. The number of nitrogens with zero attached hydrogens (tertiary/aromatic N) is 4. The normalized spacial score (nSPS) is 11.0. The highest BCUT2D eigenvalue weighted by Gasteiger charge is 2.06. The van der Waals surface area contributed by atoms with Crippen molar-refractivity contribution in [3.8, 4) is 0 Å². The minimum atomic E-state index is 0.270. The van der Waals surface area contributed by atoms with Crippen LogP contribution in [0.25, 0.3) is 11.0 Å². The molecule has 0 unspecified atom stereocenters. The van der Waals surface area contributed by atoms with Crippen molar-refractivity contribution in [1.82, 2.24) is 19.5 Å². The molecule has 2 aromatic heterocycles. The fourth-order valence-corrected chi connectivity index (χ4v) is 2.95. The van der Waals surface area contributed by atoms with Gasteiger partial charge in [0, 0.05) is 13.1 Å². The lowest BCUT2D eigenvalue weighted by Crippen LogP contribution is -2.05. The van der Waals surface area contributed by atoms with Crippen molar-refractivity contribution in [2.45, 2.75) is 13.1 Å². The molecule has 0 radical (unpaired) electrons. The first kappa shape index (κ1) is 16.4. The molecule has 0 saturated carbocycles. The number of hydrogen-bond acceptors (Lipinski definition) is 5. The van der Waals surface area contributed by atoms with Gasteiger partial charge in [-0.15, -0.1) is 0 Å². The lowest BCUT2D eigenvalue weighted by Gasteiger charge is -2.09. The first-order valence-corrected chi connectivity index (χ1v) is 8.56. The molecule has 0 aliphatic carbocycles. The standard InChI is InChI=1S/C19H17ClN6/c20-17-18(21)23-11-24-19(17)22-9-13-5-7-14(8-6-13)10-26-12-25-15-3-1-2-4-16(15)26/h1-8,11-12H,9-10H2,(H3,21,22,23,24). The molecule has 26 heavy (non-hydrogen) atoms. The molecule has 0 amide bonds. The topological polar surface area (TPSA) is 81.6 Å². The van der Waals surface area contributed by atoms with E-state index in [1.54, 1.807) is 0 Å². The van der Waals surface area contributed by atoms with Crippen molar-refractivity contribution in [2.75, 3.05) is 11.1 Å². The molecule has 0 aliphatic rings. The van der Waals surface area contributed by atoms with E-state index in [4.69, 9.17) is 17.3 Å². The molecule has 7 heteroatoms. The van der Waals surface area contributed by atoms with Gasteiger partial charge in [0.05, 0.1) is 17.4 Å². The molecule has 0 atom stereocenters. The van der Waals surface area contributed by atoms with Crippen LogP contribution in [0.4, 0.5) is 11.6 Å². The van der Waals surface area contributed by atoms with Crippen LogP contribution in [0.5, 0.6) is 0 Å².